The SMILES string of the molecule is O=S(=O)([O-])c1cc(S(=O)(=O)[O-])c2c(O)c(N=Nc3ccc(-c4ccc(N=Nc5c(O)ccc6ccccc56)cc4)cc3)c(S(=O)(=O)[O-])cc2c1.[Li+].[Li+].[Li+]. The van der Waals surface area contributed by atoms with Crippen molar-refractivity contribution in [2.24, 2.45) is 20.5 Å². The third-order valence-corrected chi connectivity index (χ3v) is 9.92. The van der Waals surface area contributed by atoms with Gasteiger partial charge < -0.3 is 23.9 Å². The van der Waals surface area contributed by atoms with Crippen molar-refractivity contribution in [3.05, 3.63) is 103 Å². The van der Waals surface area contributed by atoms with Crippen molar-refractivity contribution in [1.29, 1.82) is 0 Å². The average molecular weight is 753 g/mol. The third kappa shape index (κ3) is 9.46. The zero-order valence-corrected chi connectivity index (χ0v) is 30.3. The first-order valence-corrected chi connectivity index (χ1v) is 18.2. The molecule has 6 rings (SSSR count). The first-order chi connectivity index (χ1) is 23.5. The largest absolute Gasteiger partial charge is 1.00 e. The Morgan fingerprint density at radius 3 is 1.51 bits per heavy atom. The minimum Gasteiger partial charge on any atom is -0.744 e. The number of hydrogen-bond donors (Lipinski definition) is 2. The standard InChI is InChI=1S/C32H22N4O11S3.3Li/c37-26-14-9-20-3-1-2-4-25(20)30(26)35-33-22-10-5-18(6-11-22)19-7-12-23(13-8-19)34-36-31-28(50(45,46)47)16-21-15-24(48(39,40)41)17-27(49(42,43)44)29(21)32(31)38;;;/h1-17,37-38H,(H,39,40,41)(H,42,43,44)(H,45,46,47);;;/q;3*+1/p-3. The molecule has 0 bridgehead atoms. The maximum Gasteiger partial charge on any atom is 1.00 e. The number of phenols is 2. The van der Waals surface area contributed by atoms with E-state index in [1.165, 1.54) is 18.2 Å². The molecule has 0 fully saturated rings. The molecule has 254 valence electrons. The van der Waals surface area contributed by atoms with Gasteiger partial charge in [-0.1, -0.05) is 54.6 Å². The number of nitrogens with zero attached hydrogens (tertiary/aromatic N) is 4. The first-order valence-electron chi connectivity index (χ1n) is 14.0. The zero-order valence-electron chi connectivity index (χ0n) is 27.9. The van der Waals surface area contributed by atoms with Gasteiger partial charge in [-0.25, -0.2) is 25.3 Å². The van der Waals surface area contributed by atoms with Crippen LogP contribution in [0.15, 0.2) is 138 Å². The van der Waals surface area contributed by atoms with Crippen molar-refractivity contribution in [3.8, 4) is 22.6 Å². The number of phenolic OH excluding ortho intramolecular Hbond substituents is 2. The van der Waals surface area contributed by atoms with E-state index in [1.54, 1.807) is 42.5 Å². The molecule has 21 heteroatoms. The van der Waals surface area contributed by atoms with Crippen molar-refractivity contribution >= 4 is 74.6 Å². The van der Waals surface area contributed by atoms with Crippen molar-refractivity contribution in [2.75, 3.05) is 0 Å². The van der Waals surface area contributed by atoms with Crippen LogP contribution in [0.3, 0.4) is 0 Å². The van der Waals surface area contributed by atoms with E-state index < -0.39 is 67.3 Å². The predicted octanol–water partition coefficient (Wildman–Crippen LogP) is -2.37. The quantitative estimate of drug-likeness (QED) is 0.0943. The molecular weight excluding hydrogens is 733 g/mol. The fraction of sp³-hybridized carbons (Fsp3) is 0. The fourth-order valence-corrected chi connectivity index (χ4v) is 7.05. The molecule has 0 heterocycles. The van der Waals surface area contributed by atoms with Crippen LogP contribution in [0.25, 0.3) is 32.7 Å². The third-order valence-electron chi connectivity index (χ3n) is 7.39. The Hall–Kier alpha value is -3.84. The van der Waals surface area contributed by atoms with Crippen LogP contribution >= 0.6 is 0 Å². The topological polar surface area (TPSA) is 262 Å². The maximum absolute atomic E-state index is 12.1. The monoisotopic (exact) mass is 752 g/mol. The summed E-state index contributed by atoms with van der Waals surface area (Å²) in [5, 5.41) is 37.2. The van der Waals surface area contributed by atoms with E-state index in [2.05, 4.69) is 20.5 Å². The van der Waals surface area contributed by atoms with Crippen LogP contribution in [-0.2, 0) is 30.4 Å². The molecular formula is C32H19Li3N4O11S3. The Labute approximate surface area is 338 Å². The van der Waals surface area contributed by atoms with Crippen LogP contribution < -0.4 is 56.6 Å². The number of aromatic hydroxyl groups is 2. The van der Waals surface area contributed by atoms with Crippen LogP contribution in [-0.4, -0.2) is 49.1 Å². The van der Waals surface area contributed by atoms with Crippen LogP contribution in [0.5, 0.6) is 11.5 Å². The van der Waals surface area contributed by atoms with Gasteiger partial charge in [-0.15, -0.1) is 10.2 Å². The van der Waals surface area contributed by atoms with E-state index in [0.29, 0.717) is 29.1 Å². The molecule has 0 atom stereocenters. The maximum atomic E-state index is 12.1. The van der Waals surface area contributed by atoms with E-state index in [-0.39, 0.29) is 74.1 Å². The molecule has 53 heavy (non-hydrogen) atoms. The second kappa shape index (κ2) is 16.7. The summed E-state index contributed by atoms with van der Waals surface area (Å²) >= 11 is 0. The first kappa shape index (κ1) is 43.6. The van der Waals surface area contributed by atoms with Gasteiger partial charge in [0.2, 0.25) is 0 Å². The van der Waals surface area contributed by atoms with Gasteiger partial charge in [-0.2, -0.15) is 10.2 Å². The van der Waals surface area contributed by atoms with E-state index in [9.17, 15) is 49.1 Å². The summed E-state index contributed by atoms with van der Waals surface area (Å²) in [6.45, 7) is 0. The molecule has 0 aromatic heterocycles. The van der Waals surface area contributed by atoms with Gasteiger partial charge in [0, 0.05) is 10.8 Å². The number of benzene rings is 6. The Kier molecular flexibility index (Phi) is 13.7. The molecule has 0 saturated carbocycles. The van der Waals surface area contributed by atoms with Crippen LogP contribution in [0.4, 0.5) is 22.7 Å². The molecule has 0 aliphatic carbocycles. The van der Waals surface area contributed by atoms with Crippen LogP contribution in [0.1, 0.15) is 0 Å². The molecule has 0 aliphatic rings. The van der Waals surface area contributed by atoms with Crippen molar-refractivity contribution in [2.45, 2.75) is 14.7 Å². The van der Waals surface area contributed by atoms with E-state index in [4.69, 9.17) is 0 Å². The van der Waals surface area contributed by atoms with E-state index in [0.717, 1.165) is 16.3 Å². The molecule has 0 amide bonds. The summed E-state index contributed by atoms with van der Waals surface area (Å²) < 4.78 is 107. The summed E-state index contributed by atoms with van der Waals surface area (Å²) in [5.41, 5.74) is 1.34. The molecule has 0 radical (unpaired) electrons. The van der Waals surface area contributed by atoms with Crippen molar-refractivity contribution in [3.63, 3.8) is 0 Å². The summed E-state index contributed by atoms with van der Waals surface area (Å²) in [6.07, 6.45) is 0. The number of rotatable bonds is 8. The summed E-state index contributed by atoms with van der Waals surface area (Å²) in [6, 6.07) is 25.0. The van der Waals surface area contributed by atoms with Crippen molar-refractivity contribution in [1.82, 2.24) is 0 Å². The van der Waals surface area contributed by atoms with Gasteiger partial charge >= 0.3 is 56.6 Å². The van der Waals surface area contributed by atoms with Gasteiger partial charge in [0.1, 0.15) is 47.5 Å². The Morgan fingerprint density at radius 1 is 0.491 bits per heavy atom. The zero-order chi connectivity index (χ0) is 36.0. The molecule has 0 aliphatic heterocycles. The summed E-state index contributed by atoms with van der Waals surface area (Å²) in [4.78, 5) is -3.81. The number of fused-ring (bicyclic) bond motifs is 2. The normalized spacial score (nSPS) is 12.1. The number of azo groups is 2. The van der Waals surface area contributed by atoms with Gasteiger partial charge in [0.15, 0.2) is 5.75 Å². The predicted molar refractivity (Wildman–Crippen MR) is 175 cm³/mol. The van der Waals surface area contributed by atoms with Crippen LogP contribution in [0.2, 0.25) is 0 Å². The van der Waals surface area contributed by atoms with E-state index in [1.807, 2.05) is 24.3 Å². The van der Waals surface area contributed by atoms with Gasteiger partial charge in [-0.3, -0.25) is 0 Å². The summed E-state index contributed by atoms with van der Waals surface area (Å²) in [7, 11) is -16.4. The molecule has 2 N–H and O–H groups in total. The number of hydrogen-bond acceptors (Lipinski definition) is 15. The van der Waals surface area contributed by atoms with Gasteiger partial charge in [-0.05, 0) is 70.4 Å². The minimum absolute atomic E-state index is 0. The smallest absolute Gasteiger partial charge is 0.744 e. The van der Waals surface area contributed by atoms with Crippen molar-refractivity contribution < 1.29 is 106 Å². The molecule has 6 aromatic carbocycles. The Bertz CT molecular complexity index is 2750. The van der Waals surface area contributed by atoms with Crippen LogP contribution in [0, 0.1) is 0 Å². The Balaban J connectivity index is 0.00000252. The molecule has 6 aromatic rings. The Morgan fingerprint density at radius 2 is 1.00 bits per heavy atom. The summed E-state index contributed by atoms with van der Waals surface area (Å²) in [5.74, 6) is -1.30. The minimum atomic E-state index is -5.56. The van der Waals surface area contributed by atoms with Gasteiger partial charge in [0.05, 0.1) is 26.1 Å². The average Bonchev–Trinajstić information content (AvgIpc) is 3.06. The molecule has 0 spiro atoms. The second-order valence-corrected chi connectivity index (χ2v) is 14.7. The fourth-order valence-electron chi connectivity index (χ4n) is 5.06. The molecule has 0 saturated heterocycles. The molecule has 15 nitrogen and oxygen atoms in total. The van der Waals surface area contributed by atoms with E-state index >= 15 is 0 Å². The van der Waals surface area contributed by atoms with Gasteiger partial charge in [0.25, 0.3) is 0 Å². The second-order valence-electron chi connectivity index (χ2n) is 10.6. The molecule has 0 unspecified atom stereocenters.